The number of nitrogens with one attached hydrogen (secondary N) is 1. The summed E-state index contributed by atoms with van der Waals surface area (Å²) in [5.41, 5.74) is 3.35. The number of thiophene rings is 1. The summed E-state index contributed by atoms with van der Waals surface area (Å²) in [7, 11) is 0. The Hall–Kier alpha value is -1.89. The second-order valence-electron chi connectivity index (χ2n) is 7.87. The second-order valence-corrected chi connectivity index (χ2v) is 8.91. The van der Waals surface area contributed by atoms with Gasteiger partial charge in [-0.3, -0.25) is 14.6 Å². The predicted molar refractivity (Wildman–Crippen MR) is 117 cm³/mol. The lowest BCUT2D eigenvalue weighted by molar-refractivity contribution is -0.117. The Morgan fingerprint density at radius 3 is 2.46 bits per heavy atom. The van der Waals surface area contributed by atoms with Crippen LogP contribution in [0.25, 0.3) is 0 Å². The van der Waals surface area contributed by atoms with Crippen molar-refractivity contribution >= 4 is 28.6 Å². The Kier molecular flexibility index (Phi) is 6.29. The Bertz CT molecular complexity index is 778. The fourth-order valence-corrected chi connectivity index (χ4v) is 4.83. The lowest BCUT2D eigenvalue weighted by atomic mass is 10.1. The van der Waals surface area contributed by atoms with Crippen LogP contribution in [0.1, 0.15) is 23.3 Å². The first kappa shape index (κ1) is 19.4. The minimum atomic E-state index is 0.0868. The van der Waals surface area contributed by atoms with Gasteiger partial charge in [-0.2, -0.15) is 0 Å². The van der Waals surface area contributed by atoms with E-state index < -0.39 is 0 Å². The molecule has 0 unspecified atom stereocenters. The largest absolute Gasteiger partial charge is 0.372 e. The van der Waals surface area contributed by atoms with Gasteiger partial charge in [0.2, 0.25) is 5.91 Å². The Labute approximate surface area is 171 Å². The van der Waals surface area contributed by atoms with Crippen LogP contribution in [0.2, 0.25) is 0 Å². The SMILES string of the molecule is Cc1cc(N2CCCC2)ccc1NC(=O)CN1CCN(Cc2cccs2)CC1. The third-order valence-corrected chi connectivity index (χ3v) is 6.61. The number of hydrogen-bond acceptors (Lipinski definition) is 5. The van der Waals surface area contributed by atoms with E-state index in [1.54, 1.807) is 0 Å². The van der Waals surface area contributed by atoms with Crippen molar-refractivity contribution < 1.29 is 4.79 Å². The zero-order valence-electron chi connectivity index (χ0n) is 16.7. The molecule has 1 N–H and O–H groups in total. The highest BCUT2D eigenvalue weighted by atomic mass is 32.1. The van der Waals surface area contributed by atoms with Crippen molar-refractivity contribution in [3.05, 3.63) is 46.2 Å². The number of benzene rings is 1. The first-order valence-corrected chi connectivity index (χ1v) is 11.2. The Morgan fingerprint density at radius 2 is 1.79 bits per heavy atom. The molecule has 0 aliphatic carbocycles. The van der Waals surface area contributed by atoms with E-state index in [0.29, 0.717) is 6.54 Å². The molecule has 2 saturated heterocycles. The molecule has 1 aromatic carbocycles. The van der Waals surface area contributed by atoms with E-state index in [-0.39, 0.29) is 5.91 Å². The quantitative estimate of drug-likeness (QED) is 0.809. The van der Waals surface area contributed by atoms with Crippen molar-refractivity contribution in [1.82, 2.24) is 9.80 Å². The van der Waals surface area contributed by atoms with E-state index in [1.165, 1.54) is 23.4 Å². The number of amides is 1. The third-order valence-electron chi connectivity index (χ3n) is 5.75. The lowest BCUT2D eigenvalue weighted by Gasteiger charge is -2.34. The van der Waals surface area contributed by atoms with Crippen molar-refractivity contribution in [3.8, 4) is 0 Å². The topological polar surface area (TPSA) is 38.8 Å². The van der Waals surface area contributed by atoms with Crippen LogP contribution in [0.3, 0.4) is 0 Å². The molecule has 0 saturated carbocycles. The van der Waals surface area contributed by atoms with E-state index in [2.05, 4.69) is 62.7 Å². The summed E-state index contributed by atoms with van der Waals surface area (Å²) in [6.07, 6.45) is 2.55. The minimum Gasteiger partial charge on any atom is -0.372 e. The van der Waals surface area contributed by atoms with Crippen molar-refractivity contribution in [3.63, 3.8) is 0 Å². The summed E-state index contributed by atoms with van der Waals surface area (Å²) in [5.74, 6) is 0.0868. The first-order valence-electron chi connectivity index (χ1n) is 10.3. The highest BCUT2D eigenvalue weighted by Crippen LogP contribution is 2.25. The van der Waals surface area contributed by atoms with Crippen LogP contribution in [0, 0.1) is 6.92 Å². The van der Waals surface area contributed by atoms with Crippen LogP contribution in [-0.4, -0.2) is 61.5 Å². The Morgan fingerprint density at radius 1 is 1.04 bits per heavy atom. The van der Waals surface area contributed by atoms with Crippen LogP contribution < -0.4 is 10.2 Å². The second kappa shape index (κ2) is 9.07. The molecule has 0 spiro atoms. The number of hydrogen-bond donors (Lipinski definition) is 1. The summed E-state index contributed by atoms with van der Waals surface area (Å²) in [6, 6.07) is 10.7. The fraction of sp³-hybridized carbons (Fsp3) is 0.500. The molecule has 5 nitrogen and oxygen atoms in total. The van der Waals surface area contributed by atoms with E-state index in [1.807, 2.05) is 11.3 Å². The molecule has 2 aromatic rings. The normalized spacial score (nSPS) is 18.5. The van der Waals surface area contributed by atoms with Gasteiger partial charge in [0, 0.05) is 62.1 Å². The van der Waals surface area contributed by atoms with Crippen molar-refractivity contribution in [1.29, 1.82) is 0 Å². The number of anilines is 2. The van der Waals surface area contributed by atoms with E-state index in [4.69, 9.17) is 0 Å². The Balaban J connectivity index is 1.24. The zero-order valence-corrected chi connectivity index (χ0v) is 17.5. The lowest BCUT2D eigenvalue weighted by Crippen LogP contribution is -2.48. The zero-order chi connectivity index (χ0) is 19.3. The number of carbonyl (C=O) groups is 1. The number of piperazine rings is 1. The number of nitrogens with zero attached hydrogens (tertiary/aromatic N) is 3. The molecular weight excluding hydrogens is 368 g/mol. The number of carbonyl (C=O) groups excluding carboxylic acids is 1. The summed E-state index contributed by atoms with van der Waals surface area (Å²) < 4.78 is 0. The maximum absolute atomic E-state index is 12.5. The molecule has 1 amide bonds. The van der Waals surface area contributed by atoms with Gasteiger partial charge in [-0.25, -0.2) is 0 Å². The summed E-state index contributed by atoms with van der Waals surface area (Å²) in [6.45, 7) is 9.81. The summed E-state index contributed by atoms with van der Waals surface area (Å²) in [5, 5.41) is 5.25. The molecule has 1 aromatic heterocycles. The van der Waals surface area contributed by atoms with Gasteiger partial charge >= 0.3 is 0 Å². The molecule has 28 heavy (non-hydrogen) atoms. The average Bonchev–Trinajstić information content (AvgIpc) is 3.39. The van der Waals surface area contributed by atoms with Gasteiger partial charge in [0.1, 0.15) is 0 Å². The molecule has 150 valence electrons. The van der Waals surface area contributed by atoms with E-state index in [9.17, 15) is 4.79 Å². The van der Waals surface area contributed by atoms with Crippen LogP contribution in [0.4, 0.5) is 11.4 Å². The van der Waals surface area contributed by atoms with Crippen LogP contribution in [0.15, 0.2) is 35.7 Å². The van der Waals surface area contributed by atoms with E-state index in [0.717, 1.165) is 57.1 Å². The molecule has 3 heterocycles. The standard InChI is InChI=1S/C22H30N4OS/c1-18-15-19(26-8-2-3-9-26)6-7-21(18)23-22(27)17-25-12-10-24(11-13-25)16-20-5-4-14-28-20/h4-7,14-15H,2-3,8-13,16-17H2,1H3,(H,23,27). The van der Waals surface area contributed by atoms with Gasteiger partial charge in [-0.05, 0) is 55.0 Å². The molecule has 4 rings (SSSR count). The highest BCUT2D eigenvalue weighted by molar-refractivity contribution is 7.09. The molecule has 0 bridgehead atoms. The van der Waals surface area contributed by atoms with Crippen LogP contribution >= 0.6 is 11.3 Å². The van der Waals surface area contributed by atoms with Gasteiger partial charge in [-0.1, -0.05) is 6.07 Å². The van der Waals surface area contributed by atoms with Crippen molar-refractivity contribution in [2.24, 2.45) is 0 Å². The van der Waals surface area contributed by atoms with Gasteiger partial charge in [0.25, 0.3) is 0 Å². The van der Waals surface area contributed by atoms with Crippen LogP contribution in [0.5, 0.6) is 0 Å². The molecule has 0 radical (unpaired) electrons. The molecule has 2 aliphatic rings. The summed E-state index contributed by atoms with van der Waals surface area (Å²) >= 11 is 1.82. The highest BCUT2D eigenvalue weighted by Gasteiger charge is 2.20. The maximum Gasteiger partial charge on any atom is 0.238 e. The number of aryl methyl sites for hydroxylation is 1. The molecule has 2 aliphatic heterocycles. The third kappa shape index (κ3) is 4.93. The molecular formula is C22H30N4OS. The van der Waals surface area contributed by atoms with Crippen molar-refractivity contribution in [2.45, 2.75) is 26.3 Å². The van der Waals surface area contributed by atoms with Gasteiger partial charge < -0.3 is 10.2 Å². The fourth-order valence-electron chi connectivity index (χ4n) is 4.08. The van der Waals surface area contributed by atoms with Gasteiger partial charge in [0.15, 0.2) is 0 Å². The number of rotatable bonds is 6. The van der Waals surface area contributed by atoms with Crippen LogP contribution in [-0.2, 0) is 11.3 Å². The maximum atomic E-state index is 12.5. The smallest absolute Gasteiger partial charge is 0.238 e. The average molecular weight is 399 g/mol. The molecule has 0 atom stereocenters. The first-order chi connectivity index (χ1) is 13.7. The molecule has 6 heteroatoms. The summed E-state index contributed by atoms with van der Waals surface area (Å²) in [4.78, 5) is 21.1. The van der Waals surface area contributed by atoms with E-state index >= 15 is 0 Å². The molecule has 2 fully saturated rings. The van der Waals surface area contributed by atoms with Gasteiger partial charge in [0.05, 0.1) is 6.54 Å². The monoisotopic (exact) mass is 398 g/mol. The minimum absolute atomic E-state index is 0.0868. The van der Waals surface area contributed by atoms with Gasteiger partial charge in [-0.15, -0.1) is 11.3 Å². The predicted octanol–water partition coefficient (Wildman–Crippen LogP) is 3.41. The van der Waals surface area contributed by atoms with Crippen molar-refractivity contribution in [2.75, 3.05) is 56.0 Å².